The molecule has 0 radical (unpaired) electrons. The van der Waals surface area contributed by atoms with Crippen LogP contribution in [0.3, 0.4) is 0 Å². The summed E-state index contributed by atoms with van der Waals surface area (Å²) in [6, 6.07) is 13.3. The summed E-state index contributed by atoms with van der Waals surface area (Å²) >= 11 is 3.47. The quantitative estimate of drug-likeness (QED) is 0.502. The summed E-state index contributed by atoms with van der Waals surface area (Å²) in [5.41, 5.74) is 1.90. The van der Waals surface area contributed by atoms with E-state index >= 15 is 0 Å². The average Bonchev–Trinajstić information content (AvgIpc) is 2.86. The highest BCUT2D eigenvalue weighted by Crippen LogP contribution is 2.33. The molecule has 4 rings (SSSR count). The Morgan fingerprint density at radius 1 is 1.14 bits per heavy atom. The minimum absolute atomic E-state index is 0.0190. The Kier molecular flexibility index (Phi) is 8.33. The second-order valence-corrected chi connectivity index (χ2v) is 9.71. The highest BCUT2D eigenvalue weighted by atomic mass is 79.9. The van der Waals surface area contributed by atoms with Crippen LogP contribution in [0.1, 0.15) is 36.8 Å². The lowest BCUT2D eigenvalue weighted by atomic mass is 9.89. The number of benzene rings is 2. The zero-order valence-corrected chi connectivity index (χ0v) is 21.7. The molecule has 2 unspecified atom stereocenters. The number of ether oxygens (including phenoxy) is 3. The van der Waals surface area contributed by atoms with E-state index in [-0.39, 0.29) is 30.5 Å². The highest BCUT2D eigenvalue weighted by molar-refractivity contribution is 9.10. The van der Waals surface area contributed by atoms with Gasteiger partial charge in [0, 0.05) is 11.0 Å². The first-order chi connectivity index (χ1) is 17.0. The first-order valence-corrected chi connectivity index (χ1v) is 12.7. The van der Waals surface area contributed by atoms with Crippen LogP contribution in [0.15, 0.2) is 52.7 Å². The number of carbonyl (C=O) groups is 2. The maximum Gasteiger partial charge on any atom is 0.289 e. The lowest BCUT2D eigenvalue weighted by Gasteiger charge is -2.44. The number of rotatable bonds is 8. The molecule has 35 heavy (non-hydrogen) atoms. The van der Waals surface area contributed by atoms with Gasteiger partial charge in [-0.2, -0.15) is 0 Å². The van der Waals surface area contributed by atoms with Gasteiger partial charge in [0.05, 0.1) is 20.3 Å². The molecular formula is C27H31BrN2O5. The Morgan fingerprint density at radius 2 is 1.94 bits per heavy atom. The molecule has 2 aromatic carbocycles. The van der Waals surface area contributed by atoms with E-state index in [0.717, 1.165) is 41.3 Å². The molecule has 1 aliphatic carbocycles. The number of methoxy groups -OCH3 is 2. The predicted octanol–water partition coefficient (Wildman–Crippen LogP) is 4.34. The van der Waals surface area contributed by atoms with Crippen LogP contribution in [0.5, 0.6) is 11.5 Å². The van der Waals surface area contributed by atoms with Gasteiger partial charge in [-0.3, -0.25) is 9.59 Å². The van der Waals surface area contributed by atoms with E-state index in [0.29, 0.717) is 30.2 Å². The molecule has 1 saturated heterocycles. The third-order valence-corrected chi connectivity index (χ3v) is 6.96. The van der Waals surface area contributed by atoms with Crippen LogP contribution in [-0.2, 0) is 20.7 Å². The molecule has 7 nitrogen and oxygen atoms in total. The van der Waals surface area contributed by atoms with Gasteiger partial charge in [-0.1, -0.05) is 40.5 Å². The zero-order chi connectivity index (χ0) is 24.8. The number of hydrogen-bond acceptors (Lipinski definition) is 5. The Hall–Kier alpha value is -3.00. The van der Waals surface area contributed by atoms with E-state index in [1.165, 1.54) is 0 Å². The van der Waals surface area contributed by atoms with Crippen LogP contribution in [0.25, 0.3) is 6.08 Å². The summed E-state index contributed by atoms with van der Waals surface area (Å²) in [4.78, 5) is 27.9. The van der Waals surface area contributed by atoms with Crippen LogP contribution < -0.4 is 14.8 Å². The molecule has 1 heterocycles. The number of nitrogens with zero attached hydrogens (tertiary/aromatic N) is 1. The monoisotopic (exact) mass is 542 g/mol. The van der Waals surface area contributed by atoms with Crippen molar-refractivity contribution in [2.75, 3.05) is 27.3 Å². The van der Waals surface area contributed by atoms with Crippen LogP contribution in [-0.4, -0.2) is 56.2 Å². The van der Waals surface area contributed by atoms with Crippen molar-refractivity contribution in [1.82, 2.24) is 10.2 Å². The Labute approximate surface area is 214 Å². The molecule has 8 heteroatoms. The van der Waals surface area contributed by atoms with Crippen molar-refractivity contribution < 1.29 is 23.8 Å². The largest absolute Gasteiger partial charge is 0.493 e. The highest BCUT2D eigenvalue weighted by Gasteiger charge is 2.42. The van der Waals surface area contributed by atoms with Crippen molar-refractivity contribution in [2.24, 2.45) is 0 Å². The molecule has 2 atom stereocenters. The molecule has 1 aliphatic heterocycles. The molecule has 186 valence electrons. The van der Waals surface area contributed by atoms with E-state index in [1.54, 1.807) is 25.2 Å². The van der Waals surface area contributed by atoms with Gasteiger partial charge in [0.2, 0.25) is 5.91 Å². The van der Waals surface area contributed by atoms with Gasteiger partial charge in [0.15, 0.2) is 17.3 Å². The zero-order valence-electron chi connectivity index (χ0n) is 20.1. The molecule has 2 aliphatic rings. The molecular weight excluding hydrogens is 512 g/mol. The number of amides is 2. The molecule has 1 saturated carbocycles. The summed E-state index contributed by atoms with van der Waals surface area (Å²) in [5, 5.41) is 2.96. The molecule has 2 fully saturated rings. The number of morpholine rings is 1. The van der Waals surface area contributed by atoms with Crippen molar-refractivity contribution in [3.63, 3.8) is 0 Å². The summed E-state index contributed by atoms with van der Waals surface area (Å²) in [6.45, 7) is 0.479. The predicted molar refractivity (Wildman–Crippen MR) is 137 cm³/mol. The fraction of sp³-hybridized carbons (Fsp3) is 0.407. The van der Waals surface area contributed by atoms with Gasteiger partial charge in [-0.05, 0) is 67.2 Å². The van der Waals surface area contributed by atoms with Gasteiger partial charge in [0.1, 0.15) is 12.6 Å². The molecule has 2 aromatic rings. The number of halogens is 1. The van der Waals surface area contributed by atoms with E-state index in [9.17, 15) is 9.59 Å². The van der Waals surface area contributed by atoms with Crippen molar-refractivity contribution >= 4 is 33.8 Å². The standard InChI is InChI=1S/C27H31BrN2O5/c1-33-23-11-10-18(15-24(23)34-2)12-13-29-26(31)17-30-21-8-3-4-9-22(21)35-25(27(30)32)16-19-6-5-7-20(28)14-19/h5-7,10-11,14-16,21-22H,3-4,8-9,12-13,17H2,1-2H3,(H,29,31)/b25-16+. The van der Waals surface area contributed by atoms with Gasteiger partial charge in [-0.15, -0.1) is 0 Å². The maximum atomic E-state index is 13.3. The van der Waals surface area contributed by atoms with E-state index in [1.807, 2.05) is 42.5 Å². The lowest BCUT2D eigenvalue weighted by molar-refractivity contribution is -0.151. The van der Waals surface area contributed by atoms with Crippen LogP contribution >= 0.6 is 15.9 Å². The lowest BCUT2D eigenvalue weighted by Crippen LogP contribution is -2.57. The molecule has 2 amide bonds. The maximum absolute atomic E-state index is 13.3. The van der Waals surface area contributed by atoms with Crippen LogP contribution in [0.4, 0.5) is 0 Å². The number of hydrogen-bond donors (Lipinski definition) is 1. The number of fused-ring (bicyclic) bond motifs is 1. The first-order valence-electron chi connectivity index (χ1n) is 11.9. The Morgan fingerprint density at radius 3 is 2.71 bits per heavy atom. The van der Waals surface area contributed by atoms with Gasteiger partial charge < -0.3 is 24.4 Å². The first kappa shape index (κ1) is 25.1. The minimum atomic E-state index is -0.233. The van der Waals surface area contributed by atoms with Gasteiger partial charge in [-0.25, -0.2) is 0 Å². The second-order valence-electron chi connectivity index (χ2n) is 8.79. The summed E-state index contributed by atoms with van der Waals surface area (Å²) in [7, 11) is 3.20. The summed E-state index contributed by atoms with van der Waals surface area (Å²) < 4.78 is 17.7. The number of carbonyl (C=O) groups excluding carboxylic acids is 2. The van der Waals surface area contributed by atoms with Gasteiger partial charge in [0.25, 0.3) is 5.91 Å². The fourth-order valence-electron chi connectivity index (χ4n) is 4.70. The minimum Gasteiger partial charge on any atom is -0.493 e. The number of nitrogens with one attached hydrogen (secondary N) is 1. The SMILES string of the molecule is COc1ccc(CCNC(=O)CN2C(=O)/C(=C\c3cccc(Br)c3)OC3CCCCC32)cc1OC. The van der Waals surface area contributed by atoms with Gasteiger partial charge >= 0.3 is 0 Å². The summed E-state index contributed by atoms with van der Waals surface area (Å²) in [6.07, 6.45) is 6.14. The molecule has 0 spiro atoms. The van der Waals surface area contributed by atoms with Crippen molar-refractivity contribution in [3.05, 3.63) is 63.8 Å². The fourth-order valence-corrected chi connectivity index (χ4v) is 5.12. The Balaban J connectivity index is 1.41. The van der Waals surface area contributed by atoms with E-state index in [2.05, 4.69) is 21.2 Å². The third-order valence-electron chi connectivity index (χ3n) is 6.46. The summed E-state index contributed by atoms with van der Waals surface area (Å²) in [5.74, 6) is 1.21. The second kappa shape index (κ2) is 11.6. The van der Waals surface area contributed by atoms with Crippen molar-refractivity contribution in [2.45, 2.75) is 44.2 Å². The third kappa shape index (κ3) is 6.17. The smallest absolute Gasteiger partial charge is 0.289 e. The van der Waals surface area contributed by atoms with Crippen molar-refractivity contribution in [1.29, 1.82) is 0 Å². The van der Waals surface area contributed by atoms with E-state index in [4.69, 9.17) is 14.2 Å². The Bertz CT molecular complexity index is 1100. The molecule has 1 N–H and O–H groups in total. The average molecular weight is 543 g/mol. The van der Waals surface area contributed by atoms with E-state index < -0.39 is 0 Å². The normalized spacial score (nSPS) is 20.7. The van der Waals surface area contributed by atoms with Crippen LogP contribution in [0.2, 0.25) is 0 Å². The molecule has 0 aromatic heterocycles. The topological polar surface area (TPSA) is 77.1 Å². The van der Waals surface area contributed by atoms with Crippen molar-refractivity contribution in [3.8, 4) is 11.5 Å². The van der Waals surface area contributed by atoms with Crippen LogP contribution in [0, 0.1) is 0 Å². The molecule has 0 bridgehead atoms.